The summed E-state index contributed by atoms with van der Waals surface area (Å²) in [6, 6.07) is 0. The van der Waals surface area contributed by atoms with Gasteiger partial charge in [0.1, 0.15) is 13.2 Å². The normalized spacial score (nSPS) is 12.0. The minimum absolute atomic E-state index is 0. The maximum atomic E-state index is 11.9. The fourth-order valence-corrected chi connectivity index (χ4v) is 5.65. The van der Waals surface area contributed by atoms with E-state index in [1.54, 1.807) is 0 Å². The number of hydrogen-bond acceptors (Lipinski definition) is 3. The molecule has 3 nitrogen and oxygen atoms in total. The van der Waals surface area contributed by atoms with Crippen LogP contribution in [0.15, 0.2) is 24.3 Å². The Balaban J connectivity index is 0. The number of allylic oxidation sites excluding steroid dienone is 4. The molecule has 0 rings (SSSR count). The average Bonchev–Trinajstić information content (AvgIpc) is 2.96. The molecular weight excluding hydrogens is 656 g/mol. The molecule has 0 atom stereocenters. The van der Waals surface area contributed by atoms with Crippen LogP contribution >= 0.6 is 8.25 Å². The molecule has 5 heteroatoms. The summed E-state index contributed by atoms with van der Waals surface area (Å²) in [5.41, 5.74) is 0. The Hall–Kier alpha value is 0.851. The number of rotatable bonds is 34. The van der Waals surface area contributed by atoms with Gasteiger partial charge in [-0.25, -0.2) is 0 Å². The van der Waals surface area contributed by atoms with Crippen LogP contribution in [0.2, 0.25) is 0 Å². The van der Waals surface area contributed by atoms with Gasteiger partial charge in [0.15, 0.2) is 0 Å². The summed E-state index contributed by atoms with van der Waals surface area (Å²) < 4.78 is 22.6. The maximum Gasteiger partial charge on any atom is 0.697 e. The molecule has 0 saturated carbocycles. The maximum absolute atomic E-state index is 11.9. The zero-order chi connectivity index (χ0) is 29.0. The molecule has 0 spiro atoms. The second-order valence-corrected chi connectivity index (χ2v) is 12.7. The van der Waals surface area contributed by atoms with Gasteiger partial charge in [0.05, 0.1) is 0 Å². The SMILES string of the molecule is CCCCCCCCC=CCCCCCCCCO[P+](=O)OCCCCCCCCC=CCCCCCCCC.[Nd]. The van der Waals surface area contributed by atoms with Crippen molar-refractivity contribution in [1.29, 1.82) is 0 Å². The van der Waals surface area contributed by atoms with E-state index in [-0.39, 0.29) is 40.8 Å². The Morgan fingerprint density at radius 1 is 0.390 bits per heavy atom. The van der Waals surface area contributed by atoms with Crippen molar-refractivity contribution in [2.24, 2.45) is 0 Å². The molecule has 0 bridgehead atoms. The van der Waals surface area contributed by atoms with Crippen molar-refractivity contribution in [2.45, 2.75) is 194 Å². The average molecular weight is 726 g/mol. The Morgan fingerprint density at radius 2 is 0.634 bits per heavy atom. The summed E-state index contributed by atoms with van der Waals surface area (Å²) in [7, 11) is -1.93. The van der Waals surface area contributed by atoms with E-state index in [2.05, 4.69) is 38.2 Å². The van der Waals surface area contributed by atoms with Gasteiger partial charge in [0.25, 0.3) is 0 Å². The number of hydrogen-bond donors (Lipinski definition) is 0. The second-order valence-electron chi connectivity index (χ2n) is 11.8. The second kappa shape index (κ2) is 40.9. The fraction of sp³-hybridized carbons (Fsp3) is 0.889. The first kappa shape index (κ1) is 44.0. The molecular formula is C36H70NdO3P+. The third kappa shape index (κ3) is 40.9. The predicted molar refractivity (Wildman–Crippen MR) is 178 cm³/mol. The van der Waals surface area contributed by atoms with E-state index in [0.717, 1.165) is 25.7 Å². The van der Waals surface area contributed by atoms with Gasteiger partial charge in [-0.3, -0.25) is 0 Å². The standard InChI is InChI=1S/C36H70O3P.Nd/c1-3-5-7-9-11-13-15-17-19-21-23-25-27-29-31-33-35-38-40(37)39-36-34-32-30-28-26-24-22-20-18-16-14-12-10-8-6-4-2;/h17-20H,3-16,21-36H2,1-2H3;/q+1;. The smallest absolute Gasteiger partial charge is 0.119 e. The first-order valence-corrected chi connectivity index (χ1v) is 18.9. The zero-order valence-electron chi connectivity index (χ0n) is 27.7. The minimum atomic E-state index is -1.93. The molecule has 240 valence electrons. The summed E-state index contributed by atoms with van der Waals surface area (Å²) in [5, 5.41) is 0. The zero-order valence-corrected chi connectivity index (χ0v) is 31.8. The van der Waals surface area contributed by atoms with Gasteiger partial charge >= 0.3 is 8.25 Å². The van der Waals surface area contributed by atoms with Crippen LogP contribution in [0.3, 0.4) is 0 Å². The largest absolute Gasteiger partial charge is 0.697 e. The molecule has 0 aliphatic carbocycles. The van der Waals surface area contributed by atoms with Gasteiger partial charge in [0, 0.05) is 45.4 Å². The first-order chi connectivity index (χ1) is 19.8. The molecule has 0 N–H and O–H groups in total. The van der Waals surface area contributed by atoms with Crippen molar-refractivity contribution in [3.05, 3.63) is 24.3 Å². The first-order valence-electron chi connectivity index (χ1n) is 17.8. The molecule has 0 radical (unpaired) electrons. The molecule has 0 saturated heterocycles. The van der Waals surface area contributed by atoms with Crippen LogP contribution in [0.5, 0.6) is 0 Å². The van der Waals surface area contributed by atoms with E-state index in [0.29, 0.717) is 13.2 Å². The summed E-state index contributed by atoms with van der Waals surface area (Å²) in [6.07, 6.45) is 45.8. The number of unbranched alkanes of at least 4 members (excludes halogenated alkanes) is 24. The quantitative estimate of drug-likeness (QED) is 0.0376. The topological polar surface area (TPSA) is 35.5 Å². The van der Waals surface area contributed by atoms with Crippen molar-refractivity contribution in [3.8, 4) is 0 Å². The van der Waals surface area contributed by atoms with E-state index >= 15 is 0 Å². The van der Waals surface area contributed by atoms with E-state index in [1.165, 1.54) is 154 Å². The Kier molecular flexibility index (Phi) is 43.8. The molecule has 0 aliphatic heterocycles. The Bertz CT molecular complexity index is 507. The Labute approximate surface area is 291 Å². The molecule has 0 aromatic rings. The predicted octanol–water partition coefficient (Wildman–Crippen LogP) is 13.8. The van der Waals surface area contributed by atoms with E-state index < -0.39 is 8.25 Å². The van der Waals surface area contributed by atoms with E-state index in [4.69, 9.17) is 9.05 Å². The third-order valence-corrected chi connectivity index (χ3v) is 8.49. The molecule has 0 unspecified atom stereocenters. The summed E-state index contributed by atoms with van der Waals surface area (Å²) in [5.74, 6) is 0. The van der Waals surface area contributed by atoms with Crippen molar-refractivity contribution < 1.29 is 54.5 Å². The van der Waals surface area contributed by atoms with Crippen LogP contribution in [0.4, 0.5) is 0 Å². The summed E-state index contributed by atoms with van der Waals surface area (Å²) in [4.78, 5) is 0. The van der Waals surface area contributed by atoms with Gasteiger partial charge in [-0.2, -0.15) is 0 Å². The Morgan fingerprint density at radius 3 is 0.927 bits per heavy atom. The van der Waals surface area contributed by atoms with Crippen LogP contribution in [0.1, 0.15) is 194 Å². The molecule has 0 fully saturated rings. The van der Waals surface area contributed by atoms with E-state index in [9.17, 15) is 4.57 Å². The summed E-state index contributed by atoms with van der Waals surface area (Å²) >= 11 is 0. The van der Waals surface area contributed by atoms with Crippen LogP contribution in [0, 0.1) is 40.8 Å². The molecule has 0 amide bonds. The molecule has 0 aliphatic rings. The van der Waals surface area contributed by atoms with Crippen LogP contribution in [-0.2, 0) is 13.6 Å². The third-order valence-electron chi connectivity index (χ3n) is 7.71. The molecule has 0 heterocycles. The molecule has 41 heavy (non-hydrogen) atoms. The van der Waals surface area contributed by atoms with Crippen LogP contribution in [0.25, 0.3) is 0 Å². The molecule has 0 aromatic carbocycles. The molecule has 0 aromatic heterocycles. The monoisotopic (exact) mass is 723 g/mol. The summed E-state index contributed by atoms with van der Waals surface area (Å²) in [6.45, 7) is 5.67. The van der Waals surface area contributed by atoms with Gasteiger partial charge in [0.2, 0.25) is 0 Å². The fourth-order valence-electron chi connectivity index (χ4n) is 5.01. The van der Waals surface area contributed by atoms with Crippen molar-refractivity contribution in [1.82, 2.24) is 0 Å². The van der Waals surface area contributed by atoms with Crippen molar-refractivity contribution in [2.75, 3.05) is 13.2 Å². The van der Waals surface area contributed by atoms with Crippen molar-refractivity contribution >= 4 is 8.25 Å². The van der Waals surface area contributed by atoms with E-state index in [1.807, 2.05) is 0 Å². The minimum Gasteiger partial charge on any atom is -0.119 e. The van der Waals surface area contributed by atoms with Gasteiger partial charge in [-0.05, 0) is 64.2 Å². The van der Waals surface area contributed by atoms with Gasteiger partial charge in [-0.1, -0.05) is 154 Å². The van der Waals surface area contributed by atoms with Crippen LogP contribution in [-0.4, -0.2) is 13.2 Å². The van der Waals surface area contributed by atoms with Gasteiger partial charge in [-0.15, -0.1) is 9.05 Å². The van der Waals surface area contributed by atoms with Crippen LogP contribution < -0.4 is 0 Å². The van der Waals surface area contributed by atoms with Gasteiger partial charge < -0.3 is 0 Å². The van der Waals surface area contributed by atoms with Crippen molar-refractivity contribution in [3.63, 3.8) is 0 Å².